The zero-order chi connectivity index (χ0) is 13.8. The van der Waals surface area contributed by atoms with Crippen molar-refractivity contribution in [3.8, 4) is 0 Å². The van der Waals surface area contributed by atoms with Crippen LogP contribution in [-0.2, 0) is 0 Å². The van der Waals surface area contributed by atoms with Gasteiger partial charge in [-0.1, -0.05) is 28.9 Å². The molecule has 1 unspecified atom stereocenters. The molecule has 1 atom stereocenters. The first-order chi connectivity index (χ1) is 9.10. The summed E-state index contributed by atoms with van der Waals surface area (Å²) in [6.07, 6.45) is 0.888. The maximum atomic E-state index is 12.3. The van der Waals surface area contributed by atoms with Gasteiger partial charge in [-0.05, 0) is 48.6 Å². The first-order valence-electron chi connectivity index (χ1n) is 6.21. The third-order valence-electron chi connectivity index (χ3n) is 2.90. The first-order valence-corrected chi connectivity index (χ1v) is 7.89. The van der Waals surface area contributed by atoms with Gasteiger partial charge in [0.05, 0.1) is 6.04 Å². The summed E-state index contributed by atoms with van der Waals surface area (Å²) < 4.78 is 0.932. The van der Waals surface area contributed by atoms with Gasteiger partial charge in [-0.3, -0.25) is 4.79 Å². The van der Waals surface area contributed by atoms with Gasteiger partial charge in [0.2, 0.25) is 0 Å². The van der Waals surface area contributed by atoms with Crippen molar-refractivity contribution in [2.45, 2.75) is 26.3 Å². The third kappa shape index (κ3) is 3.67. The molecule has 19 heavy (non-hydrogen) atoms. The molecule has 1 heterocycles. The van der Waals surface area contributed by atoms with Crippen LogP contribution in [0, 0.1) is 6.92 Å². The van der Waals surface area contributed by atoms with E-state index in [4.69, 9.17) is 0 Å². The van der Waals surface area contributed by atoms with Crippen molar-refractivity contribution < 1.29 is 4.79 Å². The number of carbonyl (C=O) groups excluding carboxylic acids is 1. The minimum Gasteiger partial charge on any atom is -0.344 e. The van der Waals surface area contributed by atoms with Crippen LogP contribution >= 0.6 is 27.3 Å². The predicted octanol–water partition coefficient (Wildman–Crippen LogP) is 4.70. The van der Waals surface area contributed by atoms with Gasteiger partial charge in [0.15, 0.2) is 0 Å². The van der Waals surface area contributed by atoms with E-state index in [0.29, 0.717) is 5.56 Å². The smallest absolute Gasteiger partial charge is 0.251 e. The topological polar surface area (TPSA) is 29.1 Å². The molecule has 1 N–H and O–H groups in total. The Labute approximate surface area is 126 Å². The van der Waals surface area contributed by atoms with Crippen LogP contribution in [0.5, 0.6) is 0 Å². The molecule has 0 spiro atoms. The quantitative estimate of drug-likeness (QED) is 0.860. The molecule has 0 fully saturated rings. The molecule has 0 saturated carbocycles. The summed E-state index contributed by atoms with van der Waals surface area (Å²) in [5, 5.41) is 5.13. The molecule has 1 aromatic carbocycles. The lowest BCUT2D eigenvalue weighted by Crippen LogP contribution is -2.27. The highest BCUT2D eigenvalue weighted by Crippen LogP contribution is 2.23. The SMILES string of the molecule is CCC(NC(=O)c1cc(C)cc(Br)c1)c1cccs1. The Balaban J connectivity index is 2.15. The summed E-state index contributed by atoms with van der Waals surface area (Å²) >= 11 is 5.10. The molecular formula is C15H16BrNOS. The number of halogens is 1. The maximum absolute atomic E-state index is 12.3. The fourth-order valence-corrected chi connectivity index (χ4v) is 3.44. The Morgan fingerprint density at radius 3 is 2.79 bits per heavy atom. The van der Waals surface area contributed by atoms with Crippen molar-refractivity contribution in [2.24, 2.45) is 0 Å². The van der Waals surface area contributed by atoms with Crippen molar-refractivity contribution >= 4 is 33.2 Å². The molecule has 0 bridgehead atoms. The number of rotatable bonds is 4. The number of hydrogen-bond donors (Lipinski definition) is 1. The fourth-order valence-electron chi connectivity index (χ4n) is 1.97. The Morgan fingerprint density at radius 1 is 1.42 bits per heavy atom. The normalized spacial score (nSPS) is 12.2. The van der Waals surface area contributed by atoms with Crippen molar-refractivity contribution in [3.63, 3.8) is 0 Å². The molecule has 0 radical (unpaired) electrons. The average Bonchev–Trinajstić information content (AvgIpc) is 2.88. The van der Waals surface area contributed by atoms with Crippen LogP contribution in [0.1, 0.15) is 40.2 Å². The second kappa shape index (κ2) is 6.35. The number of thiophene rings is 1. The lowest BCUT2D eigenvalue weighted by Gasteiger charge is -2.15. The Hall–Kier alpha value is -1.13. The van der Waals surface area contributed by atoms with Crippen molar-refractivity contribution in [3.05, 3.63) is 56.2 Å². The highest BCUT2D eigenvalue weighted by molar-refractivity contribution is 9.10. The van der Waals surface area contributed by atoms with E-state index in [2.05, 4.69) is 34.2 Å². The Bertz CT molecular complexity index is 545. The second-order valence-corrected chi connectivity index (χ2v) is 6.36. The molecule has 4 heteroatoms. The summed E-state index contributed by atoms with van der Waals surface area (Å²) in [6, 6.07) is 9.91. The summed E-state index contributed by atoms with van der Waals surface area (Å²) in [4.78, 5) is 13.5. The van der Waals surface area contributed by atoms with Gasteiger partial charge in [-0.25, -0.2) is 0 Å². The molecule has 2 aromatic rings. The monoisotopic (exact) mass is 337 g/mol. The molecule has 0 aliphatic rings. The molecule has 0 aliphatic carbocycles. The first kappa shape index (κ1) is 14.3. The van der Waals surface area contributed by atoms with E-state index in [0.717, 1.165) is 16.5 Å². The lowest BCUT2D eigenvalue weighted by molar-refractivity contribution is 0.0936. The van der Waals surface area contributed by atoms with Gasteiger partial charge in [0, 0.05) is 14.9 Å². The highest BCUT2D eigenvalue weighted by atomic mass is 79.9. The van der Waals surface area contributed by atoms with E-state index in [1.54, 1.807) is 11.3 Å². The Morgan fingerprint density at radius 2 is 2.21 bits per heavy atom. The summed E-state index contributed by atoms with van der Waals surface area (Å²) in [5.41, 5.74) is 1.77. The number of aryl methyl sites for hydroxylation is 1. The van der Waals surface area contributed by atoms with E-state index in [1.165, 1.54) is 4.88 Å². The summed E-state index contributed by atoms with van der Waals surface area (Å²) in [7, 11) is 0. The number of amides is 1. The van der Waals surface area contributed by atoms with Crippen molar-refractivity contribution in [1.82, 2.24) is 5.32 Å². The van der Waals surface area contributed by atoms with Gasteiger partial charge < -0.3 is 5.32 Å². The molecule has 0 saturated heterocycles. The fraction of sp³-hybridized carbons (Fsp3) is 0.267. The summed E-state index contributed by atoms with van der Waals surface area (Å²) in [5.74, 6) is -0.0235. The molecule has 2 nitrogen and oxygen atoms in total. The number of nitrogens with one attached hydrogen (secondary N) is 1. The van der Waals surface area contributed by atoms with Crippen molar-refractivity contribution in [2.75, 3.05) is 0 Å². The van der Waals surface area contributed by atoms with Crippen LogP contribution in [0.3, 0.4) is 0 Å². The zero-order valence-corrected chi connectivity index (χ0v) is 13.3. The minimum atomic E-state index is -0.0235. The van der Waals surface area contributed by atoms with E-state index in [-0.39, 0.29) is 11.9 Å². The standard InChI is InChI=1S/C15H16BrNOS/c1-3-13(14-5-4-6-19-14)17-15(18)11-7-10(2)8-12(16)9-11/h4-9,13H,3H2,1-2H3,(H,17,18). The van der Waals surface area contributed by atoms with Crippen LogP contribution in [-0.4, -0.2) is 5.91 Å². The van der Waals surface area contributed by atoms with E-state index >= 15 is 0 Å². The molecular weight excluding hydrogens is 322 g/mol. The van der Waals surface area contributed by atoms with Crippen LogP contribution in [0.2, 0.25) is 0 Å². The lowest BCUT2D eigenvalue weighted by atomic mass is 10.1. The predicted molar refractivity (Wildman–Crippen MR) is 83.7 cm³/mol. The van der Waals surface area contributed by atoms with Gasteiger partial charge >= 0.3 is 0 Å². The maximum Gasteiger partial charge on any atom is 0.251 e. The van der Waals surface area contributed by atoms with Gasteiger partial charge in [-0.15, -0.1) is 11.3 Å². The number of hydrogen-bond acceptors (Lipinski definition) is 2. The van der Waals surface area contributed by atoms with E-state index in [1.807, 2.05) is 36.6 Å². The van der Waals surface area contributed by atoms with Crippen LogP contribution in [0.25, 0.3) is 0 Å². The molecule has 1 aromatic heterocycles. The average molecular weight is 338 g/mol. The second-order valence-electron chi connectivity index (χ2n) is 4.47. The third-order valence-corrected chi connectivity index (χ3v) is 4.35. The van der Waals surface area contributed by atoms with Gasteiger partial charge in [0.25, 0.3) is 5.91 Å². The molecule has 2 rings (SSSR count). The minimum absolute atomic E-state index is 0.0235. The number of carbonyl (C=O) groups is 1. The summed E-state index contributed by atoms with van der Waals surface area (Å²) in [6.45, 7) is 4.06. The molecule has 100 valence electrons. The van der Waals surface area contributed by atoms with Crippen LogP contribution in [0.4, 0.5) is 0 Å². The van der Waals surface area contributed by atoms with Gasteiger partial charge in [0.1, 0.15) is 0 Å². The van der Waals surface area contributed by atoms with Crippen molar-refractivity contribution in [1.29, 1.82) is 0 Å². The number of benzene rings is 1. The van der Waals surface area contributed by atoms with Crippen LogP contribution in [0.15, 0.2) is 40.2 Å². The molecule has 1 amide bonds. The van der Waals surface area contributed by atoms with Gasteiger partial charge in [-0.2, -0.15) is 0 Å². The van der Waals surface area contributed by atoms with Crippen LogP contribution < -0.4 is 5.32 Å². The largest absolute Gasteiger partial charge is 0.344 e. The highest BCUT2D eigenvalue weighted by Gasteiger charge is 2.15. The molecule has 0 aliphatic heterocycles. The zero-order valence-electron chi connectivity index (χ0n) is 10.9. The Kier molecular flexibility index (Phi) is 4.77. The van der Waals surface area contributed by atoms with E-state index < -0.39 is 0 Å². The van der Waals surface area contributed by atoms with E-state index in [9.17, 15) is 4.79 Å².